The van der Waals surface area contributed by atoms with Gasteiger partial charge in [0.15, 0.2) is 18.5 Å². The number of carbonyl (C=O) groups excluding carboxylic acids is 3. The standard InChI is InChI=1S/C23H25NO5/c1-16(23(27)24-19-9-5-6-10-19)29-21(25)15-28-20-13-11-18(12-14-20)22(26)17-7-3-2-4-8-17/h2-4,7-8,11-14,16,19H,5-6,9-10,15H2,1H3,(H,24,27)/t16-/m0/s1. The molecule has 6 nitrogen and oxygen atoms in total. The SMILES string of the molecule is C[C@H](OC(=O)COc1ccc(C(=O)c2ccccc2)cc1)C(=O)NC1CCCC1. The molecule has 0 radical (unpaired) electrons. The first-order valence-electron chi connectivity index (χ1n) is 9.85. The highest BCUT2D eigenvalue weighted by Gasteiger charge is 2.23. The number of esters is 1. The first-order valence-corrected chi connectivity index (χ1v) is 9.85. The van der Waals surface area contributed by atoms with Crippen molar-refractivity contribution < 1.29 is 23.9 Å². The van der Waals surface area contributed by atoms with Gasteiger partial charge in [-0.2, -0.15) is 0 Å². The van der Waals surface area contributed by atoms with Crippen molar-refractivity contribution in [2.24, 2.45) is 0 Å². The summed E-state index contributed by atoms with van der Waals surface area (Å²) in [5.41, 5.74) is 1.14. The largest absolute Gasteiger partial charge is 0.482 e. The molecule has 0 spiro atoms. The molecule has 0 heterocycles. The minimum Gasteiger partial charge on any atom is -0.482 e. The monoisotopic (exact) mass is 395 g/mol. The Kier molecular flexibility index (Phi) is 7.00. The third-order valence-electron chi connectivity index (χ3n) is 4.89. The number of benzene rings is 2. The maximum absolute atomic E-state index is 12.4. The fourth-order valence-electron chi connectivity index (χ4n) is 3.27. The molecule has 1 aliphatic rings. The molecule has 0 bridgehead atoms. The van der Waals surface area contributed by atoms with Crippen LogP contribution in [0.4, 0.5) is 0 Å². The summed E-state index contributed by atoms with van der Waals surface area (Å²) < 4.78 is 10.5. The maximum Gasteiger partial charge on any atom is 0.344 e. The van der Waals surface area contributed by atoms with Gasteiger partial charge in [-0.3, -0.25) is 9.59 Å². The van der Waals surface area contributed by atoms with Gasteiger partial charge in [0, 0.05) is 17.2 Å². The van der Waals surface area contributed by atoms with E-state index in [-0.39, 0.29) is 24.3 Å². The normalized spacial score (nSPS) is 14.8. The van der Waals surface area contributed by atoms with Gasteiger partial charge in [-0.05, 0) is 44.0 Å². The van der Waals surface area contributed by atoms with Crippen molar-refractivity contribution in [3.63, 3.8) is 0 Å². The van der Waals surface area contributed by atoms with Crippen LogP contribution in [0.3, 0.4) is 0 Å². The average molecular weight is 395 g/mol. The molecule has 6 heteroatoms. The molecule has 0 aromatic heterocycles. The van der Waals surface area contributed by atoms with Gasteiger partial charge < -0.3 is 14.8 Å². The summed E-state index contributed by atoms with van der Waals surface area (Å²) in [6.45, 7) is 1.24. The lowest BCUT2D eigenvalue weighted by atomic mass is 10.0. The summed E-state index contributed by atoms with van der Waals surface area (Å²) in [4.78, 5) is 36.4. The molecule has 1 fully saturated rings. The van der Waals surface area contributed by atoms with E-state index in [1.165, 1.54) is 0 Å². The zero-order valence-corrected chi connectivity index (χ0v) is 16.4. The number of ketones is 1. The van der Waals surface area contributed by atoms with E-state index in [9.17, 15) is 14.4 Å². The van der Waals surface area contributed by atoms with E-state index in [0.29, 0.717) is 16.9 Å². The van der Waals surface area contributed by atoms with Crippen LogP contribution in [0.15, 0.2) is 54.6 Å². The third kappa shape index (κ3) is 5.91. The van der Waals surface area contributed by atoms with Crippen molar-refractivity contribution in [2.75, 3.05) is 6.61 Å². The van der Waals surface area contributed by atoms with Crippen molar-refractivity contribution >= 4 is 17.7 Å². The molecule has 0 saturated heterocycles. The predicted molar refractivity (Wildman–Crippen MR) is 108 cm³/mol. The molecule has 2 aromatic rings. The Morgan fingerprint density at radius 3 is 2.24 bits per heavy atom. The molecule has 1 atom stereocenters. The van der Waals surface area contributed by atoms with Gasteiger partial charge in [0.2, 0.25) is 0 Å². The number of hydrogen-bond donors (Lipinski definition) is 1. The van der Waals surface area contributed by atoms with Crippen molar-refractivity contribution in [3.05, 3.63) is 65.7 Å². The lowest BCUT2D eigenvalue weighted by molar-refractivity contribution is -0.156. The molecule has 1 amide bonds. The average Bonchev–Trinajstić information content (AvgIpc) is 3.25. The van der Waals surface area contributed by atoms with Crippen LogP contribution in [-0.4, -0.2) is 36.4 Å². The van der Waals surface area contributed by atoms with Crippen molar-refractivity contribution in [3.8, 4) is 5.75 Å². The van der Waals surface area contributed by atoms with Crippen LogP contribution in [0.2, 0.25) is 0 Å². The minimum atomic E-state index is -0.863. The Hall–Kier alpha value is -3.15. The van der Waals surface area contributed by atoms with Gasteiger partial charge in [-0.15, -0.1) is 0 Å². The van der Waals surface area contributed by atoms with Gasteiger partial charge in [0.1, 0.15) is 5.75 Å². The lowest BCUT2D eigenvalue weighted by Gasteiger charge is -2.17. The second-order valence-electron chi connectivity index (χ2n) is 7.13. The Labute approximate surface area is 170 Å². The number of carbonyl (C=O) groups is 3. The second-order valence-corrected chi connectivity index (χ2v) is 7.13. The zero-order valence-electron chi connectivity index (χ0n) is 16.4. The van der Waals surface area contributed by atoms with E-state index >= 15 is 0 Å². The maximum atomic E-state index is 12.4. The smallest absolute Gasteiger partial charge is 0.344 e. The van der Waals surface area contributed by atoms with Gasteiger partial charge in [0.05, 0.1) is 0 Å². The predicted octanol–water partition coefficient (Wildman–Crippen LogP) is 3.29. The van der Waals surface area contributed by atoms with Crippen LogP contribution in [0.1, 0.15) is 48.5 Å². The molecule has 1 N–H and O–H groups in total. The zero-order chi connectivity index (χ0) is 20.6. The Balaban J connectivity index is 1.45. The van der Waals surface area contributed by atoms with Gasteiger partial charge in [-0.25, -0.2) is 4.79 Å². The van der Waals surface area contributed by atoms with Crippen LogP contribution in [0.25, 0.3) is 0 Å². The number of rotatable bonds is 8. The van der Waals surface area contributed by atoms with Crippen LogP contribution in [0, 0.1) is 0 Å². The topological polar surface area (TPSA) is 81.7 Å². The van der Waals surface area contributed by atoms with E-state index in [0.717, 1.165) is 25.7 Å². The van der Waals surface area contributed by atoms with Gasteiger partial charge >= 0.3 is 5.97 Å². The molecule has 152 valence electrons. The number of ether oxygens (including phenoxy) is 2. The second kappa shape index (κ2) is 9.87. The highest BCUT2D eigenvalue weighted by molar-refractivity contribution is 6.08. The highest BCUT2D eigenvalue weighted by atomic mass is 16.6. The van der Waals surface area contributed by atoms with Crippen molar-refractivity contribution in [1.82, 2.24) is 5.32 Å². The Morgan fingerprint density at radius 2 is 1.59 bits per heavy atom. The Bertz CT molecular complexity index is 841. The summed E-state index contributed by atoms with van der Waals surface area (Å²) in [5, 5.41) is 2.90. The van der Waals surface area contributed by atoms with Gasteiger partial charge in [0.25, 0.3) is 5.91 Å². The molecule has 29 heavy (non-hydrogen) atoms. The first-order chi connectivity index (χ1) is 14.0. The lowest BCUT2D eigenvalue weighted by Crippen LogP contribution is -2.41. The highest BCUT2D eigenvalue weighted by Crippen LogP contribution is 2.18. The summed E-state index contributed by atoms with van der Waals surface area (Å²) in [7, 11) is 0. The van der Waals surface area contributed by atoms with Crippen LogP contribution >= 0.6 is 0 Å². The van der Waals surface area contributed by atoms with E-state index < -0.39 is 12.1 Å². The fourth-order valence-corrected chi connectivity index (χ4v) is 3.27. The van der Waals surface area contributed by atoms with Crippen molar-refractivity contribution in [2.45, 2.75) is 44.8 Å². The summed E-state index contributed by atoms with van der Waals surface area (Å²) >= 11 is 0. The van der Waals surface area contributed by atoms with Crippen molar-refractivity contribution in [1.29, 1.82) is 0 Å². The molecule has 0 aliphatic heterocycles. The van der Waals surface area contributed by atoms with Crippen LogP contribution in [0.5, 0.6) is 5.75 Å². The summed E-state index contributed by atoms with van der Waals surface area (Å²) in [5.74, 6) is -0.550. The van der Waals surface area contributed by atoms with E-state index in [1.54, 1.807) is 43.3 Å². The summed E-state index contributed by atoms with van der Waals surface area (Å²) in [6.07, 6.45) is 3.31. The third-order valence-corrected chi connectivity index (χ3v) is 4.89. The molecular formula is C23H25NO5. The molecule has 1 aliphatic carbocycles. The number of hydrogen-bond acceptors (Lipinski definition) is 5. The molecule has 3 rings (SSSR count). The van der Waals surface area contributed by atoms with E-state index in [4.69, 9.17) is 9.47 Å². The summed E-state index contributed by atoms with van der Waals surface area (Å²) in [6, 6.07) is 15.7. The van der Waals surface area contributed by atoms with E-state index in [1.807, 2.05) is 18.2 Å². The molecule has 2 aromatic carbocycles. The molecule has 1 saturated carbocycles. The van der Waals surface area contributed by atoms with Gasteiger partial charge in [-0.1, -0.05) is 43.2 Å². The van der Waals surface area contributed by atoms with Crippen LogP contribution in [-0.2, 0) is 14.3 Å². The first kappa shape index (κ1) is 20.6. The van der Waals surface area contributed by atoms with E-state index in [2.05, 4.69) is 5.32 Å². The quantitative estimate of drug-likeness (QED) is 0.548. The Morgan fingerprint density at radius 1 is 0.966 bits per heavy atom. The number of amides is 1. The van der Waals surface area contributed by atoms with Crippen LogP contribution < -0.4 is 10.1 Å². The fraction of sp³-hybridized carbons (Fsp3) is 0.348. The minimum absolute atomic E-state index is 0.0846. The number of nitrogens with one attached hydrogen (secondary N) is 1. The molecular weight excluding hydrogens is 370 g/mol. The molecule has 0 unspecified atom stereocenters.